The first-order valence-electron chi connectivity index (χ1n) is 7.32. The lowest BCUT2D eigenvalue weighted by Gasteiger charge is -2.15. The molecule has 0 saturated carbocycles. The average molecular weight is 327 g/mol. The Labute approximate surface area is 132 Å². The Bertz CT molecular complexity index is 559. The number of nitrogens with one attached hydrogen (secondary N) is 2. The topological polar surface area (TPSA) is 90.8 Å². The van der Waals surface area contributed by atoms with Crippen molar-refractivity contribution in [3.05, 3.63) is 35.9 Å². The molecule has 1 aromatic rings. The van der Waals surface area contributed by atoms with Crippen molar-refractivity contribution in [2.75, 3.05) is 38.2 Å². The number of hydrogen-bond donors (Lipinski definition) is 3. The van der Waals surface area contributed by atoms with Crippen LogP contribution in [0.2, 0.25) is 0 Å². The summed E-state index contributed by atoms with van der Waals surface area (Å²) < 4.78 is 22.3. The Kier molecular flexibility index (Phi) is 7.90. The van der Waals surface area contributed by atoms with Crippen molar-refractivity contribution in [3.8, 4) is 0 Å². The van der Waals surface area contributed by atoms with E-state index in [2.05, 4.69) is 15.6 Å². The van der Waals surface area contributed by atoms with Gasteiger partial charge < -0.3 is 15.7 Å². The first kappa shape index (κ1) is 18.4. The molecule has 0 bridgehead atoms. The molecule has 0 heterocycles. The van der Waals surface area contributed by atoms with Gasteiger partial charge in [-0.1, -0.05) is 30.3 Å². The van der Waals surface area contributed by atoms with Gasteiger partial charge in [-0.3, -0.25) is 4.99 Å². The van der Waals surface area contributed by atoms with E-state index in [-0.39, 0.29) is 18.3 Å². The summed E-state index contributed by atoms with van der Waals surface area (Å²) in [4.78, 5) is 4.42. The second-order valence-electron chi connectivity index (χ2n) is 5.07. The van der Waals surface area contributed by atoms with Crippen LogP contribution in [-0.2, 0) is 9.84 Å². The number of benzene rings is 1. The van der Waals surface area contributed by atoms with Crippen LogP contribution in [0.5, 0.6) is 0 Å². The number of sulfone groups is 1. The molecule has 0 amide bonds. The van der Waals surface area contributed by atoms with E-state index < -0.39 is 9.84 Å². The second kappa shape index (κ2) is 9.42. The van der Waals surface area contributed by atoms with E-state index in [1.54, 1.807) is 0 Å². The average Bonchev–Trinajstić information content (AvgIpc) is 2.47. The highest BCUT2D eigenvalue weighted by molar-refractivity contribution is 7.90. The lowest BCUT2D eigenvalue weighted by Crippen LogP contribution is -2.39. The molecule has 124 valence electrons. The van der Waals surface area contributed by atoms with Gasteiger partial charge in [-0.25, -0.2) is 8.42 Å². The maximum absolute atomic E-state index is 11.1. The molecule has 1 rings (SSSR count). The van der Waals surface area contributed by atoms with Crippen molar-refractivity contribution in [3.63, 3.8) is 0 Å². The standard InChI is InChI=1S/C15H25N3O3S/c1-3-16-15(17-9-10-22(2,20)21)18-11-14(12-19)13-7-5-4-6-8-13/h4-8,14,19H,3,9-12H2,1-2H3,(H2,16,17,18). The van der Waals surface area contributed by atoms with E-state index in [0.717, 1.165) is 5.56 Å². The van der Waals surface area contributed by atoms with Crippen LogP contribution >= 0.6 is 0 Å². The Morgan fingerprint density at radius 2 is 1.95 bits per heavy atom. The van der Waals surface area contributed by atoms with E-state index in [1.165, 1.54) is 6.26 Å². The molecule has 1 aromatic carbocycles. The van der Waals surface area contributed by atoms with Gasteiger partial charge in [-0.2, -0.15) is 0 Å². The van der Waals surface area contributed by atoms with Gasteiger partial charge >= 0.3 is 0 Å². The van der Waals surface area contributed by atoms with Gasteiger partial charge in [0.25, 0.3) is 0 Å². The van der Waals surface area contributed by atoms with Crippen LogP contribution in [0.4, 0.5) is 0 Å². The third-order valence-corrected chi connectivity index (χ3v) is 4.02. The van der Waals surface area contributed by atoms with Crippen LogP contribution in [-0.4, -0.2) is 57.7 Å². The first-order valence-corrected chi connectivity index (χ1v) is 9.38. The largest absolute Gasteiger partial charge is 0.396 e. The van der Waals surface area contributed by atoms with Gasteiger partial charge in [0.2, 0.25) is 0 Å². The molecule has 0 aliphatic heterocycles. The van der Waals surface area contributed by atoms with Gasteiger partial charge in [0.15, 0.2) is 5.96 Å². The molecule has 0 saturated heterocycles. The molecule has 0 fully saturated rings. The van der Waals surface area contributed by atoms with E-state index >= 15 is 0 Å². The zero-order valence-electron chi connectivity index (χ0n) is 13.1. The fourth-order valence-electron chi connectivity index (χ4n) is 1.89. The van der Waals surface area contributed by atoms with Gasteiger partial charge in [0.1, 0.15) is 9.84 Å². The molecule has 1 atom stereocenters. The summed E-state index contributed by atoms with van der Waals surface area (Å²) in [6.45, 7) is 3.36. The lowest BCUT2D eigenvalue weighted by molar-refractivity contribution is 0.268. The summed E-state index contributed by atoms with van der Waals surface area (Å²) in [7, 11) is -3.00. The van der Waals surface area contributed by atoms with Crippen molar-refractivity contribution < 1.29 is 13.5 Å². The van der Waals surface area contributed by atoms with E-state index in [0.29, 0.717) is 25.6 Å². The maximum atomic E-state index is 11.1. The minimum absolute atomic E-state index is 0.0102. The second-order valence-corrected chi connectivity index (χ2v) is 7.33. The van der Waals surface area contributed by atoms with Gasteiger partial charge in [0.05, 0.1) is 18.9 Å². The van der Waals surface area contributed by atoms with Crippen LogP contribution in [0, 0.1) is 0 Å². The number of rotatable bonds is 8. The highest BCUT2D eigenvalue weighted by Gasteiger charge is 2.10. The predicted molar refractivity (Wildman–Crippen MR) is 90.0 cm³/mol. The minimum atomic E-state index is -3.00. The Balaban J connectivity index is 2.63. The van der Waals surface area contributed by atoms with Crippen molar-refractivity contribution in [1.29, 1.82) is 0 Å². The van der Waals surface area contributed by atoms with Crippen LogP contribution < -0.4 is 10.6 Å². The van der Waals surface area contributed by atoms with E-state index in [1.807, 2.05) is 37.3 Å². The van der Waals surface area contributed by atoms with Crippen LogP contribution in [0.1, 0.15) is 18.4 Å². The molecule has 0 spiro atoms. The maximum Gasteiger partial charge on any atom is 0.191 e. The molecule has 1 unspecified atom stereocenters. The Morgan fingerprint density at radius 1 is 1.27 bits per heavy atom. The van der Waals surface area contributed by atoms with Crippen LogP contribution in [0.3, 0.4) is 0 Å². The molecule has 7 heteroatoms. The fourth-order valence-corrected chi connectivity index (χ4v) is 2.36. The minimum Gasteiger partial charge on any atom is -0.396 e. The SMILES string of the molecule is CCNC(=NCC(CO)c1ccccc1)NCCS(C)(=O)=O. The van der Waals surface area contributed by atoms with Crippen molar-refractivity contribution in [2.24, 2.45) is 4.99 Å². The van der Waals surface area contributed by atoms with Gasteiger partial charge in [0, 0.05) is 25.3 Å². The van der Waals surface area contributed by atoms with Gasteiger partial charge in [-0.15, -0.1) is 0 Å². The summed E-state index contributed by atoms with van der Waals surface area (Å²) in [6, 6.07) is 9.70. The zero-order chi connectivity index (χ0) is 16.4. The third kappa shape index (κ3) is 7.42. The zero-order valence-corrected chi connectivity index (χ0v) is 13.9. The highest BCUT2D eigenvalue weighted by atomic mass is 32.2. The number of hydrogen-bond acceptors (Lipinski definition) is 4. The van der Waals surface area contributed by atoms with E-state index in [9.17, 15) is 13.5 Å². The number of aliphatic hydroxyl groups excluding tert-OH is 1. The molecule has 6 nitrogen and oxygen atoms in total. The first-order chi connectivity index (χ1) is 10.5. The summed E-state index contributed by atoms with van der Waals surface area (Å²) in [5.41, 5.74) is 1.03. The van der Waals surface area contributed by atoms with Crippen LogP contribution in [0.25, 0.3) is 0 Å². The summed E-state index contributed by atoms with van der Waals surface area (Å²) in [5.74, 6) is 0.534. The number of aliphatic imine (C=N–C) groups is 1. The highest BCUT2D eigenvalue weighted by Crippen LogP contribution is 2.14. The molecule has 0 radical (unpaired) electrons. The Morgan fingerprint density at radius 3 is 2.50 bits per heavy atom. The van der Waals surface area contributed by atoms with Crippen molar-refractivity contribution >= 4 is 15.8 Å². The molecular weight excluding hydrogens is 302 g/mol. The predicted octanol–water partition coefficient (Wildman–Crippen LogP) is 0.362. The molecular formula is C15H25N3O3S. The van der Waals surface area contributed by atoms with Gasteiger partial charge in [-0.05, 0) is 12.5 Å². The summed E-state index contributed by atoms with van der Waals surface area (Å²) in [5, 5.41) is 15.6. The number of guanidine groups is 1. The lowest BCUT2D eigenvalue weighted by atomic mass is 10.0. The van der Waals surface area contributed by atoms with Crippen molar-refractivity contribution in [2.45, 2.75) is 12.8 Å². The quantitative estimate of drug-likeness (QED) is 0.474. The van der Waals surface area contributed by atoms with Crippen molar-refractivity contribution in [1.82, 2.24) is 10.6 Å². The number of aliphatic hydroxyl groups is 1. The fraction of sp³-hybridized carbons (Fsp3) is 0.533. The molecule has 3 N–H and O–H groups in total. The number of nitrogens with zero attached hydrogens (tertiary/aromatic N) is 1. The molecule has 0 aromatic heterocycles. The third-order valence-electron chi connectivity index (χ3n) is 3.07. The summed E-state index contributed by atoms with van der Waals surface area (Å²) in [6.07, 6.45) is 1.20. The molecule has 22 heavy (non-hydrogen) atoms. The van der Waals surface area contributed by atoms with E-state index in [4.69, 9.17) is 0 Å². The van der Waals surface area contributed by atoms with Crippen LogP contribution in [0.15, 0.2) is 35.3 Å². The molecule has 0 aliphatic carbocycles. The smallest absolute Gasteiger partial charge is 0.191 e. The molecule has 0 aliphatic rings. The normalized spacial score (nSPS) is 13.7. The monoisotopic (exact) mass is 327 g/mol. The summed E-state index contributed by atoms with van der Waals surface area (Å²) >= 11 is 0. The Hall–Kier alpha value is -1.60.